The lowest BCUT2D eigenvalue weighted by Crippen LogP contribution is -2.49. The van der Waals surface area contributed by atoms with E-state index in [-0.39, 0.29) is 11.9 Å². The summed E-state index contributed by atoms with van der Waals surface area (Å²) in [5, 5.41) is 3.24. The van der Waals surface area contributed by atoms with Crippen LogP contribution in [-0.4, -0.2) is 43.0 Å². The molecular weight excluding hydrogens is 250 g/mol. The molecule has 0 radical (unpaired) electrons. The number of nitrogens with one attached hydrogen (secondary N) is 1. The maximum Gasteiger partial charge on any atom is 0.235 e. The van der Waals surface area contributed by atoms with Crippen LogP contribution in [0, 0.1) is 0 Å². The zero-order valence-electron chi connectivity index (χ0n) is 12.3. The lowest BCUT2D eigenvalue weighted by molar-refractivity contribution is -0.120. The van der Waals surface area contributed by atoms with E-state index < -0.39 is 0 Å². The first-order valence-electron chi connectivity index (χ1n) is 7.52. The minimum Gasteiger partial charge on any atom is -0.368 e. The van der Waals surface area contributed by atoms with Gasteiger partial charge in [-0.2, -0.15) is 0 Å². The topological polar surface area (TPSA) is 58.4 Å². The molecule has 1 aromatic carbocycles. The van der Waals surface area contributed by atoms with Gasteiger partial charge in [0.05, 0.1) is 6.04 Å². The highest BCUT2D eigenvalue weighted by Gasteiger charge is 2.20. The molecule has 4 nitrogen and oxygen atoms in total. The van der Waals surface area contributed by atoms with E-state index in [2.05, 4.69) is 41.4 Å². The minimum atomic E-state index is -0.250. The number of nitrogens with zero attached hydrogens (tertiary/aromatic N) is 1. The van der Waals surface area contributed by atoms with Crippen LogP contribution in [0.4, 0.5) is 0 Å². The minimum absolute atomic E-state index is 0.240. The summed E-state index contributed by atoms with van der Waals surface area (Å²) in [4.78, 5) is 13.9. The Morgan fingerprint density at radius 2 is 1.90 bits per heavy atom. The van der Waals surface area contributed by atoms with Crippen LogP contribution in [0.1, 0.15) is 24.5 Å². The van der Waals surface area contributed by atoms with Crippen molar-refractivity contribution in [2.45, 2.75) is 32.2 Å². The maximum atomic E-state index is 11.5. The molecule has 1 amide bonds. The molecule has 0 saturated heterocycles. The first kappa shape index (κ1) is 15.0. The summed E-state index contributed by atoms with van der Waals surface area (Å²) in [6, 6.07) is 8.38. The van der Waals surface area contributed by atoms with Gasteiger partial charge in [0.2, 0.25) is 5.91 Å². The van der Waals surface area contributed by atoms with Crippen LogP contribution >= 0.6 is 0 Å². The Morgan fingerprint density at radius 3 is 2.40 bits per heavy atom. The number of amides is 1. The van der Waals surface area contributed by atoms with E-state index in [9.17, 15) is 4.79 Å². The maximum absolute atomic E-state index is 11.5. The van der Waals surface area contributed by atoms with Crippen LogP contribution in [0.5, 0.6) is 0 Å². The monoisotopic (exact) mass is 275 g/mol. The van der Waals surface area contributed by atoms with Gasteiger partial charge in [-0.25, -0.2) is 0 Å². The standard InChI is InChI=1S/C16H25N3O/c1-2-9-18-15(16(17)20)12-19-10-7-13-5-3-4-6-14(13)8-11-19/h3-6,15,18H,2,7-12H2,1H3,(H2,17,20). The molecule has 0 aliphatic carbocycles. The number of nitrogens with two attached hydrogens (primary N) is 1. The molecule has 1 unspecified atom stereocenters. The number of fused-ring (bicyclic) bond motifs is 1. The Hall–Kier alpha value is -1.39. The summed E-state index contributed by atoms with van der Waals surface area (Å²) in [5.41, 5.74) is 8.36. The van der Waals surface area contributed by atoms with E-state index in [4.69, 9.17) is 5.73 Å². The van der Waals surface area contributed by atoms with Gasteiger partial charge in [0.25, 0.3) is 0 Å². The second-order valence-electron chi connectivity index (χ2n) is 5.48. The van der Waals surface area contributed by atoms with Gasteiger partial charge in [-0.3, -0.25) is 4.79 Å². The molecule has 20 heavy (non-hydrogen) atoms. The quantitative estimate of drug-likeness (QED) is 0.812. The molecule has 3 N–H and O–H groups in total. The SMILES string of the molecule is CCCNC(CN1CCc2ccccc2CC1)C(N)=O. The Balaban J connectivity index is 1.92. The fourth-order valence-electron chi connectivity index (χ4n) is 2.73. The third kappa shape index (κ3) is 4.05. The molecule has 110 valence electrons. The Bertz CT molecular complexity index is 420. The van der Waals surface area contributed by atoms with E-state index in [0.29, 0.717) is 6.54 Å². The van der Waals surface area contributed by atoms with Gasteiger partial charge in [0.15, 0.2) is 0 Å². The molecule has 0 spiro atoms. The average molecular weight is 275 g/mol. The zero-order chi connectivity index (χ0) is 14.4. The molecule has 2 rings (SSSR count). The first-order valence-corrected chi connectivity index (χ1v) is 7.52. The summed E-state index contributed by atoms with van der Waals surface area (Å²) < 4.78 is 0. The van der Waals surface area contributed by atoms with E-state index >= 15 is 0 Å². The molecule has 4 heteroatoms. The summed E-state index contributed by atoms with van der Waals surface area (Å²) >= 11 is 0. The predicted octanol–water partition coefficient (Wildman–Crippen LogP) is 0.941. The Labute approximate surface area is 121 Å². The zero-order valence-corrected chi connectivity index (χ0v) is 12.3. The van der Waals surface area contributed by atoms with Crippen molar-refractivity contribution >= 4 is 5.91 Å². The summed E-state index contributed by atoms with van der Waals surface area (Å²) in [6.07, 6.45) is 3.11. The predicted molar refractivity (Wildman–Crippen MR) is 81.6 cm³/mol. The summed E-state index contributed by atoms with van der Waals surface area (Å²) in [6.45, 7) is 5.63. The summed E-state index contributed by atoms with van der Waals surface area (Å²) in [7, 11) is 0. The van der Waals surface area contributed by atoms with Crippen molar-refractivity contribution in [3.63, 3.8) is 0 Å². The number of carbonyl (C=O) groups excluding carboxylic acids is 1. The number of primary amides is 1. The van der Waals surface area contributed by atoms with E-state index in [1.165, 1.54) is 11.1 Å². The number of carbonyl (C=O) groups is 1. The molecule has 1 aromatic rings. The van der Waals surface area contributed by atoms with Crippen molar-refractivity contribution in [2.75, 3.05) is 26.2 Å². The molecule has 1 atom stereocenters. The highest BCUT2D eigenvalue weighted by molar-refractivity contribution is 5.80. The molecule has 0 aromatic heterocycles. The van der Waals surface area contributed by atoms with Crippen molar-refractivity contribution in [1.29, 1.82) is 0 Å². The van der Waals surface area contributed by atoms with Crippen LogP contribution in [0.25, 0.3) is 0 Å². The number of rotatable bonds is 6. The lowest BCUT2D eigenvalue weighted by atomic mass is 10.0. The first-order chi connectivity index (χ1) is 9.70. The smallest absolute Gasteiger partial charge is 0.235 e. The van der Waals surface area contributed by atoms with Crippen molar-refractivity contribution in [3.05, 3.63) is 35.4 Å². The highest BCUT2D eigenvalue weighted by Crippen LogP contribution is 2.15. The van der Waals surface area contributed by atoms with E-state index in [0.717, 1.165) is 38.9 Å². The molecule has 1 heterocycles. The van der Waals surface area contributed by atoms with E-state index in [1.807, 2.05) is 0 Å². The fraction of sp³-hybridized carbons (Fsp3) is 0.562. The van der Waals surface area contributed by atoms with Gasteiger partial charge in [-0.1, -0.05) is 31.2 Å². The van der Waals surface area contributed by atoms with Crippen LogP contribution in [-0.2, 0) is 17.6 Å². The molecule has 0 bridgehead atoms. The molecule has 0 fully saturated rings. The van der Waals surface area contributed by atoms with Gasteiger partial charge in [-0.05, 0) is 36.9 Å². The van der Waals surface area contributed by atoms with Crippen LogP contribution < -0.4 is 11.1 Å². The number of benzene rings is 1. The van der Waals surface area contributed by atoms with Gasteiger partial charge in [-0.15, -0.1) is 0 Å². The molecule has 1 aliphatic heterocycles. The van der Waals surface area contributed by atoms with Gasteiger partial charge in [0, 0.05) is 19.6 Å². The van der Waals surface area contributed by atoms with Crippen LogP contribution in [0.15, 0.2) is 24.3 Å². The highest BCUT2D eigenvalue weighted by atomic mass is 16.1. The van der Waals surface area contributed by atoms with E-state index in [1.54, 1.807) is 0 Å². The van der Waals surface area contributed by atoms with Crippen molar-refractivity contribution in [3.8, 4) is 0 Å². The third-order valence-electron chi connectivity index (χ3n) is 3.94. The largest absolute Gasteiger partial charge is 0.368 e. The Morgan fingerprint density at radius 1 is 1.30 bits per heavy atom. The van der Waals surface area contributed by atoms with Crippen LogP contribution in [0.2, 0.25) is 0 Å². The van der Waals surface area contributed by atoms with Gasteiger partial charge >= 0.3 is 0 Å². The normalized spacial score (nSPS) is 17.2. The second-order valence-corrected chi connectivity index (χ2v) is 5.48. The van der Waals surface area contributed by atoms with Crippen molar-refractivity contribution < 1.29 is 4.79 Å². The molecule has 0 saturated carbocycles. The average Bonchev–Trinajstić information content (AvgIpc) is 2.66. The van der Waals surface area contributed by atoms with Gasteiger partial charge < -0.3 is 16.0 Å². The number of hydrogen-bond donors (Lipinski definition) is 2. The Kier molecular flexibility index (Phi) is 5.56. The second kappa shape index (κ2) is 7.41. The fourth-order valence-corrected chi connectivity index (χ4v) is 2.73. The molecular formula is C16H25N3O. The van der Waals surface area contributed by atoms with Crippen molar-refractivity contribution in [1.82, 2.24) is 10.2 Å². The van der Waals surface area contributed by atoms with Gasteiger partial charge in [0.1, 0.15) is 0 Å². The third-order valence-corrected chi connectivity index (χ3v) is 3.94. The molecule has 1 aliphatic rings. The lowest BCUT2D eigenvalue weighted by Gasteiger charge is -2.25. The van der Waals surface area contributed by atoms with Crippen LogP contribution in [0.3, 0.4) is 0 Å². The summed E-state index contributed by atoms with van der Waals surface area (Å²) in [5.74, 6) is -0.250. The van der Waals surface area contributed by atoms with Crippen molar-refractivity contribution in [2.24, 2.45) is 5.73 Å². The number of hydrogen-bond acceptors (Lipinski definition) is 3.